The number of aldehydes is 1. The molecular formula is C15H17ClO5. The Kier molecular flexibility index (Phi) is 4.28. The molecule has 0 spiro atoms. The number of methoxy groups -OCH3 is 1. The molecule has 6 heteroatoms. The van der Waals surface area contributed by atoms with Crippen LogP contribution < -0.4 is 0 Å². The van der Waals surface area contributed by atoms with Crippen LogP contribution in [-0.2, 0) is 23.7 Å². The number of rotatable bonds is 3. The monoisotopic (exact) mass is 312 g/mol. The molecule has 2 aliphatic heterocycles. The number of ether oxygens (including phenoxy) is 4. The fourth-order valence-corrected chi connectivity index (χ4v) is 3.03. The van der Waals surface area contributed by atoms with Crippen molar-refractivity contribution in [3.8, 4) is 0 Å². The Morgan fingerprint density at radius 1 is 1.33 bits per heavy atom. The zero-order valence-corrected chi connectivity index (χ0v) is 12.4. The van der Waals surface area contributed by atoms with Crippen molar-refractivity contribution in [1.82, 2.24) is 0 Å². The maximum absolute atomic E-state index is 11.5. The maximum Gasteiger partial charge on any atom is 0.184 e. The zero-order chi connectivity index (χ0) is 14.9. The summed E-state index contributed by atoms with van der Waals surface area (Å²) in [5.74, 6) is 0. The van der Waals surface area contributed by atoms with Crippen molar-refractivity contribution in [1.29, 1.82) is 0 Å². The first kappa shape index (κ1) is 14.9. The summed E-state index contributed by atoms with van der Waals surface area (Å²) in [5.41, 5.74) is 0.884. The van der Waals surface area contributed by atoms with E-state index in [1.807, 2.05) is 30.3 Å². The van der Waals surface area contributed by atoms with Gasteiger partial charge in [0.05, 0.1) is 6.61 Å². The van der Waals surface area contributed by atoms with Gasteiger partial charge in [-0.05, 0) is 0 Å². The molecule has 2 heterocycles. The Labute approximate surface area is 128 Å². The second-order valence-electron chi connectivity index (χ2n) is 5.22. The molecule has 5 nitrogen and oxygen atoms in total. The van der Waals surface area contributed by atoms with Gasteiger partial charge in [-0.2, -0.15) is 0 Å². The van der Waals surface area contributed by atoms with E-state index in [0.29, 0.717) is 12.9 Å². The van der Waals surface area contributed by atoms with Crippen LogP contribution in [0.4, 0.5) is 0 Å². The van der Waals surface area contributed by atoms with Crippen LogP contribution in [0.5, 0.6) is 0 Å². The average molecular weight is 313 g/mol. The highest BCUT2D eigenvalue weighted by Crippen LogP contribution is 2.41. The van der Waals surface area contributed by atoms with Gasteiger partial charge >= 0.3 is 0 Å². The lowest BCUT2D eigenvalue weighted by molar-refractivity contribution is -0.318. The number of benzene rings is 1. The summed E-state index contributed by atoms with van der Waals surface area (Å²) in [5, 5.41) is 0. The van der Waals surface area contributed by atoms with Gasteiger partial charge in [0, 0.05) is 19.1 Å². The van der Waals surface area contributed by atoms with Crippen molar-refractivity contribution in [2.24, 2.45) is 0 Å². The topological polar surface area (TPSA) is 54.0 Å². The van der Waals surface area contributed by atoms with Gasteiger partial charge in [-0.1, -0.05) is 30.3 Å². The lowest BCUT2D eigenvalue weighted by Crippen LogP contribution is -2.60. The largest absolute Gasteiger partial charge is 0.356 e. The molecule has 0 bridgehead atoms. The first-order valence-corrected chi connectivity index (χ1v) is 7.19. The molecule has 3 rings (SSSR count). The molecule has 21 heavy (non-hydrogen) atoms. The Hall–Kier alpha value is -0.980. The third-order valence-corrected chi connectivity index (χ3v) is 4.29. The zero-order valence-electron chi connectivity index (χ0n) is 11.6. The molecule has 0 N–H and O–H groups in total. The molecule has 5 atom stereocenters. The average Bonchev–Trinajstić information content (AvgIpc) is 2.55. The van der Waals surface area contributed by atoms with Crippen LogP contribution in [0, 0.1) is 0 Å². The quantitative estimate of drug-likeness (QED) is 0.631. The Balaban J connectivity index is 1.81. The fourth-order valence-electron chi connectivity index (χ4n) is 2.72. The first-order chi connectivity index (χ1) is 10.2. The predicted octanol–water partition coefficient (Wildman–Crippen LogP) is 2.04. The molecule has 2 saturated heterocycles. The number of halogens is 1. The molecular weight excluding hydrogens is 296 g/mol. The number of carbonyl (C=O) groups is 1. The van der Waals surface area contributed by atoms with E-state index >= 15 is 0 Å². The highest BCUT2D eigenvalue weighted by Gasteiger charge is 2.53. The van der Waals surface area contributed by atoms with Gasteiger partial charge in [-0.3, -0.25) is 0 Å². The highest BCUT2D eigenvalue weighted by molar-refractivity contribution is 6.32. The molecule has 1 aromatic carbocycles. The second kappa shape index (κ2) is 6.02. The Bertz CT molecular complexity index is 496. The SMILES string of the molecule is CO[C@@H]1C[C@](Cl)(C=O)[C@@H]2OC(c3ccccc3)OC[C@H]2O1. The van der Waals surface area contributed by atoms with Gasteiger partial charge in [0.25, 0.3) is 0 Å². The summed E-state index contributed by atoms with van der Waals surface area (Å²) in [4.78, 5) is 10.3. The Morgan fingerprint density at radius 3 is 2.76 bits per heavy atom. The summed E-state index contributed by atoms with van der Waals surface area (Å²) < 4.78 is 22.5. The van der Waals surface area contributed by atoms with Gasteiger partial charge in [-0.25, -0.2) is 0 Å². The predicted molar refractivity (Wildman–Crippen MR) is 74.9 cm³/mol. The van der Waals surface area contributed by atoms with Crippen LogP contribution in [0.1, 0.15) is 18.3 Å². The van der Waals surface area contributed by atoms with Gasteiger partial charge < -0.3 is 23.7 Å². The lowest BCUT2D eigenvalue weighted by atomic mass is 9.91. The molecule has 0 saturated carbocycles. The molecule has 2 fully saturated rings. The van der Waals surface area contributed by atoms with E-state index in [1.54, 1.807) is 0 Å². The van der Waals surface area contributed by atoms with E-state index in [1.165, 1.54) is 7.11 Å². The highest BCUT2D eigenvalue weighted by atomic mass is 35.5. The van der Waals surface area contributed by atoms with Gasteiger partial charge in [0.1, 0.15) is 23.4 Å². The molecule has 0 radical (unpaired) electrons. The standard InChI is InChI=1S/C15H17ClO5/c1-18-12-7-15(16,9-17)13-11(20-12)8-19-14(21-13)10-5-3-2-4-6-10/h2-6,9,11-14H,7-8H2,1H3/t11-,12+,13-,14?,15+/m1/s1. The minimum atomic E-state index is -1.17. The van der Waals surface area contributed by atoms with Gasteiger partial charge in [0.2, 0.25) is 0 Å². The van der Waals surface area contributed by atoms with E-state index in [0.717, 1.165) is 5.56 Å². The van der Waals surface area contributed by atoms with Crippen LogP contribution in [-0.4, -0.2) is 43.4 Å². The molecule has 2 aliphatic rings. The van der Waals surface area contributed by atoms with Crippen molar-refractivity contribution in [2.45, 2.75) is 36.1 Å². The molecule has 1 aromatic rings. The van der Waals surface area contributed by atoms with Gasteiger partial charge in [-0.15, -0.1) is 11.6 Å². The van der Waals surface area contributed by atoms with Crippen molar-refractivity contribution < 1.29 is 23.7 Å². The van der Waals surface area contributed by atoms with Crippen molar-refractivity contribution in [3.63, 3.8) is 0 Å². The van der Waals surface area contributed by atoms with Gasteiger partial charge in [0.15, 0.2) is 12.6 Å². The number of alkyl halides is 1. The summed E-state index contributed by atoms with van der Waals surface area (Å²) in [6.07, 6.45) is -1.11. The van der Waals surface area contributed by atoms with E-state index in [2.05, 4.69) is 0 Å². The number of carbonyl (C=O) groups excluding carboxylic acids is 1. The summed E-state index contributed by atoms with van der Waals surface area (Å²) in [6, 6.07) is 9.53. The van der Waals surface area contributed by atoms with Crippen molar-refractivity contribution in [3.05, 3.63) is 35.9 Å². The molecule has 0 aliphatic carbocycles. The smallest absolute Gasteiger partial charge is 0.184 e. The van der Waals surface area contributed by atoms with Crippen LogP contribution in [0.2, 0.25) is 0 Å². The van der Waals surface area contributed by atoms with E-state index in [-0.39, 0.29) is 6.42 Å². The van der Waals surface area contributed by atoms with E-state index in [4.69, 9.17) is 30.5 Å². The number of hydrogen-bond donors (Lipinski definition) is 0. The molecule has 0 aromatic heterocycles. The second-order valence-corrected chi connectivity index (χ2v) is 5.92. The van der Waals surface area contributed by atoms with Crippen LogP contribution in [0.25, 0.3) is 0 Å². The van der Waals surface area contributed by atoms with Crippen molar-refractivity contribution >= 4 is 17.9 Å². The van der Waals surface area contributed by atoms with E-state index in [9.17, 15) is 4.79 Å². The molecule has 1 unspecified atom stereocenters. The van der Waals surface area contributed by atoms with Crippen LogP contribution >= 0.6 is 11.6 Å². The minimum Gasteiger partial charge on any atom is -0.356 e. The third-order valence-electron chi connectivity index (χ3n) is 3.83. The Morgan fingerprint density at radius 2 is 2.10 bits per heavy atom. The third kappa shape index (κ3) is 2.84. The summed E-state index contributed by atoms with van der Waals surface area (Å²) in [6.45, 7) is 0.298. The van der Waals surface area contributed by atoms with E-state index < -0.39 is 29.7 Å². The van der Waals surface area contributed by atoms with Crippen LogP contribution in [0.15, 0.2) is 30.3 Å². The number of fused-ring (bicyclic) bond motifs is 1. The molecule has 0 amide bonds. The fraction of sp³-hybridized carbons (Fsp3) is 0.533. The molecule has 114 valence electrons. The van der Waals surface area contributed by atoms with Crippen LogP contribution in [0.3, 0.4) is 0 Å². The summed E-state index contributed by atoms with van der Waals surface area (Å²) in [7, 11) is 1.52. The van der Waals surface area contributed by atoms with Crippen molar-refractivity contribution in [2.75, 3.05) is 13.7 Å². The lowest BCUT2D eigenvalue weighted by Gasteiger charge is -2.47. The maximum atomic E-state index is 11.5. The first-order valence-electron chi connectivity index (χ1n) is 6.82. The normalized spacial score (nSPS) is 39.5. The number of hydrogen-bond acceptors (Lipinski definition) is 5. The summed E-state index contributed by atoms with van der Waals surface area (Å²) >= 11 is 6.45. The minimum absolute atomic E-state index is 0.247.